The van der Waals surface area contributed by atoms with Gasteiger partial charge in [-0.05, 0) is 32.4 Å². The van der Waals surface area contributed by atoms with Gasteiger partial charge in [0, 0.05) is 0 Å². The second-order valence-corrected chi connectivity index (χ2v) is 3.27. The van der Waals surface area contributed by atoms with E-state index in [-0.39, 0.29) is 5.66 Å². The number of hydrogen-bond donors (Lipinski definition) is 2. The van der Waals surface area contributed by atoms with Crippen molar-refractivity contribution in [2.75, 3.05) is 13.1 Å². The van der Waals surface area contributed by atoms with Gasteiger partial charge < -0.3 is 0 Å². The van der Waals surface area contributed by atoms with Crippen LogP contribution in [0.3, 0.4) is 0 Å². The minimum absolute atomic E-state index is 0.0434. The molecule has 0 aromatic carbocycles. The van der Waals surface area contributed by atoms with Crippen LogP contribution in [-0.4, -0.2) is 18.8 Å². The van der Waals surface area contributed by atoms with Crippen LogP contribution in [0.1, 0.15) is 19.3 Å². The summed E-state index contributed by atoms with van der Waals surface area (Å²) >= 11 is 0. The zero-order valence-corrected chi connectivity index (χ0v) is 7.60. The van der Waals surface area contributed by atoms with Gasteiger partial charge >= 0.3 is 0 Å². The van der Waals surface area contributed by atoms with Crippen LogP contribution in [0.2, 0.25) is 0 Å². The van der Waals surface area contributed by atoms with E-state index in [1.54, 1.807) is 0 Å². The van der Waals surface area contributed by atoms with Gasteiger partial charge in [0.15, 0.2) is 0 Å². The maximum absolute atomic E-state index is 3.77. The summed E-state index contributed by atoms with van der Waals surface area (Å²) in [6.45, 7) is 9.72. The van der Waals surface area contributed by atoms with Crippen LogP contribution >= 0.6 is 0 Å². The molecule has 1 saturated heterocycles. The van der Waals surface area contributed by atoms with E-state index in [4.69, 9.17) is 0 Å². The number of nitrogens with one attached hydrogen (secondary N) is 2. The third-order valence-corrected chi connectivity index (χ3v) is 2.27. The Hall–Kier alpha value is -0.600. The van der Waals surface area contributed by atoms with Crippen LogP contribution in [-0.2, 0) is 0 Å². The molecule has 0 aliphatic carbocycles. The zero-order valence-electron chi connectivity index (χ0n) is 7.60. The van der Waals surface area contributed by atoms with E-state index < -0.39 is 0 Å². The van der Waals surface area contributed by atoms with Gasteiger partial charge in [-0.2, -0.15) is 0 Å². The van der Waals surface area contributed by atoms with Crippen molar-refractivity contribution in [3.05, 3.63) is 25.3 Å². The van der Waals surface area contributed by atoms with Crippen molar-refractivity contribution in [1.29, 1.82) is 0 Å². The van der Waals surface area contributed by atoms with Gasteiger partial charge in [0.25, 0.3) is 0 Å². The van der Waals surface area contributed by atoms with Crippen molar-refractivity contribution in [2.45, 2.75) is 24.9 Å². The molecule has 2 nitrogen and oxygen atoms in total. The average molecular weight is 166 g/mol. The summed E-state index contributed by atoms with van der Waals surface area (Å²) in [7, 11) is 0. The quantitative estimate of drug-likeness (QED) is 0.617. The van der Waals surface area contributed by atoms with E-state index in [1.165, 1.54) is 6.42 Å². The molecule has 1 aliphatic rings. The molecular weight excluding hydrogens is 148 g/mol. The first-order valence-corrected chi connectivity index (χ1v) is 4.55. The monoisotopic (exact) mass is 166 g/mol. The topological polar surface area (TPSA) is 24.1 Å². The van der Waals surface area contributed by atoms with Crippen molar-refractivity contribution in [1.82, 2.24) is 10.6 Å². The molecule has 0 unspecified atom stereocenters. The van der Waals surface area contributed by atoms with Gasteiger partial charge in [-0.15, -0.1) is 13.2 Å². The highest BCUT2D eigenvalue weighted by atomic mass is 15.2. The Morgan fingerprint density at radius 2 is 1.58 bits per heavy atom. The fourth-order valence-electron chi connectivity index (χ4n) is 1.67. The molecule has 1 heterocycles. The van der Waals surface area contributed by atoms with Crippen LogP contribution in [0.5, 0.6) is 0 Å². The maximum Gasteiger partial charge on any atom is 0.0757 e. The summed E-state index contributed by atoms with van der Waals surface area (Å²) in [4.78, 5) is 0. The summed E-state index contributed by atoms with van der Waals surface area (Å²) in [5.41, 5.74) is 0.0434. The normalized spacial score (nSPS) is 21.7. The summed E-state index contributed by atoms with van der Waals surface area (Å²) in [5, 5.41) is 6.96. The lowest BCUT2D eigenvalue weighted by molar-refractivity contribution is 0.225. The lowest BCUT2D eigenvalue weighted by Crippen LogP contribution is -2.60. The molecule has 0 saturated carbocycles. The highest BCUT2D eigenvalue weighted by Gasteiger charge is 2.27. The molecule has 0 aromatic rings. The lowest BCUT2D eigenvalue weighted by Gasteiger charge is -2.38. The Kier molecular flexibility index (Phi) is 3.50. The predicted molar refractivity (Wildman–Crippen MR) is 53.0 cm³/mol. The van der Waals surface area contributed by atoms with Crippen molar-refractivity contribution in [3.8, 4) is 0 Å². The van der Waals surface area contributed by atoms with E-state index in [9.17, 15) is 0 Å². The van der Waals surface area contributed by atoms with E-state index in [2.05, 4.69) is 23.8 Å². The molecule has 0 amide bonds. The Bertz CT molecular complexity index is 145. The first-order chi connectivity index (χ1) is 5.83. The van der Waals surface area contributed by atoms with E-state index in [1.807, 2.05) is 12.2 Å². The third kappa shape index (κ3) is 2.19. The maximum atomic E-state index is 3.77. The van der Waals surface area contributed by atoms with Gasteiger partial charge in [-0.3, -0.25) is 10.6 Å². The molecule has 1 rings (SSSR count). The Morgan fingerprint density at radius 1 is 1.08 bits per heavy atom. The van der Waals surface area contributed by atoms with E-state index in [0.29, 0.717) is 0 Å². The fourth-order valence-corrected chi connectivity index (χ4v) is 1.67. The van der Waals surface area contributed by atoms with E-state index in [0.717, 1.165) is 25.9 Å². The molecule has 2 heteroatoms. The first kappa shape index (κ1) is 9.49. The molecular formula is C10H18N2. The standard InChI is InChI=1S/C10H18N2/c1-3-6-10(7-4-2)11-8-5-9-12-10/h3-4,11-12H,1-2,5-9H2. The molecule has 0 spiro atoms. The largest absolute Gasteiger partial charge is 0.299 e. The van der Waals surface area contributed by atoms with Crippen molar-refractivity contribution in [3.63, 3.8) is 0 Å². The van der Waals surface area contributed by atoms with Gasteiger partial charge in [-0.1, -0.05) is 12.2 Å². The van der Waals surface area contributed by atoms with Gasteiger partial charge in [-0.25, -0.2) is 0 Å². The van der Waals surface area contributed by atoms with E-state index >= 15 is 0 Å². The van der Waals surface area contributed by atoms with Crippen LogP contribution in [0.25, 0.3) is 0 Å². The molecule has 1 aliphatic heterocycles. The van der Waals surface area contributed by atoms with Gasteiger partial charge in [0.2, 0.25) is 0 Å². The summed E-state index contributed by atoms with van der Waals surface area (Å²) in [6.07, 6.45) is 7.03. The average Bonchev–Trinajstić information content (AvgIpc) is 2.07. The molecule has 2 N–H and O–H groups in total. The Morgan fingerprint density at radius 3 is 2.00 bits per heavy atom. The number of rotatable bonds is 4. The molecule has 12 heavy (non-hydrogen) atoms. The molecule has 1 fully saturated rings. The third-order valence-electron chi connectivity index (χ3n) is 2.27. The van der Waals surface area contributed by atoms with Crippen LogP contribution in [0.15, 0.2) is 25.3 Å². The van der Waals surface area contributed by atoms with Gasteiger partial charge in [0.1, 0.15) is 0 Å². The first-order valence-electron chi connectivity index (χ1n) is 4.55. The van der Waals surface area contributed by atoms with Crippen molar-refractivity contribution < 1.29 is 0 Å². The van der Waals surface area contributed by atoms with Crippen molar-refractivity contribution in [2.24, 2.45) is 0 Å². The van der Waals surface area contributed by atoms with Crippen LogP contribution in [0, 0.1) is 0 Å². The minimum atomic E-state index is 0.0434. The highest BCUT2D eigenvalue weighted by Crippen LogP contribution is 2.15. The van der Waals surface area contributed by atoms with Crippen LogP contribution in [0.4, 0.5) is 0 Å². The SMILES string of the molecule is C=CCC1(CC=C)NCCCN1. The Labute approximate surface area is 74.7 Å². The summed E-state index contributed by atoms with van der Waals surface area (Å²) in [5.74, 6) is 0. The fraction of sp³-hybridized carbons (Fsp3) is 0.600. The smallest absolute Gasteiger partial charge is 0.0757 e. The van der Waals surface area contributed by atoms with Crippen LogP contribution < -0.4 is 10.6 Å². The predicted octanol–water partition coefficient (Wildman–Crippen LogP) is 1.42. The molecule has 0 atom stereocenters. The second-order valence-electron chi connectivity index (χ2n) is 3.27. The lowest BCUT2D eigenvalue weighted by atomic mass is 9.99. The summed E-state index contributed by atoms with van der Waals surface area (Å²) < 4.78 is 0. The molecule has 68 valence electrons. The molecule has 0 aromatic heterocycles. The number of hydrogen-bond acceptors (Lipinski definition) is 2. The molecule has 0 bridgehead atoms. The second kappa shape index (κ2) is 4.43. The highest BCUT2D eigenvalue weighted by molar-refractivity contribution is 4.98. The minimum Gasteiger partial charge on any atom is -0.299 e. The van der Waals surface area contributed by atoms with Crippen molar-refractivity contribution >= 4 is 0 Å². The van der Waals surface area contributed by atoms with Gasteiger partial charge in [0.05, 0.1) is 5.66 Å². The zero-order chi connectivity index (χ0) is 8.86. The summed E-state index contributed by atoms with van der Waals surface area (Å²) in [6, 6.07) is 0. The Balaban J connectivity index is 2.55. The molecule has 0 radical (unpaired) electrons.